The third kappa shape index (κ3) is 3.00. The van der Waals surface area contributed by atoms with E-state index in [0.29, 0.717) is 17.2 Å². The van der Waals surface area contributed by atoms with Gasteiger partial charge in [0.2, 0.25) is 0 Å². The molecule has 0 spiro atoms. The normalized spacial score (nSPS) is 10.8. The van der Waals surface area contributed by atoms with Gasteiger partial charge in [-0.1, -0.05) is 30.3 Å². The summed E-state index contributed by atoms with van der Waals surface area (Å²) >= 11 is 0. The molecule has 1 amide bonds. The van der Waals surface area contributed by atoms with Crippen LogP contribution in [0.25, 0.3) is 22.0 Å². The van der Waals surface area contributed by atoms with Crippen molar-refractivity contribution in [2.75, 3.05) is 11.1 Å². The van der Waals surface area contributed by atoms with Crippen LogP contribution in [0, 0.1) is 0 Å². The molecule has 0 unspecified atom stereocenters. The van der Waals surface area contributed by atoms with Gasteiger partial charge in [-0.05, 0) is 29.7 Å². The number of anilines is 2. The SMILES string of the molecule is Cn1nc(NC(=O)c2ccccc2)cc1-c1ccc2cc(N)ncc2c1. The zero-order valence-corrected chi connectivity index (χ0v) is 14.2. The van der Waals surface area contributed by atoms with Crippen LogP contribution >= 0.6 is 0 Å². The van der Waals surface area contributed by atoms with Crippen LogP contribution in [0.1, 0.15) is 10.4 Å². The topological polar surface area (TPSA) is 85.8 Å². The molecule has 2 aromatic heterocycles. The molecule has 0 radical (unpaired) electrons. The molecule has 0 aliphatic heterocycles. The number of nitrogens with one attached hydrogen (secondary N) is 1. The third-order valence-electron chi connectivity index (χ3n) is 4.20. The van der Waals surface area contributed by atoms with Crippen LogP contribution in [0.3, 0.4) is 0 Å². The maximum atomic E-state index is 12.3. The van der Waals surface area contributed by atoms with Gasteiger partial charge in [0.15, 0.2) is 5.82 Å². The Labute approximate surface area is 150 Å². The van der Waals surface area contributed by atoms with E-state index >= 15 is 0 Å². The van der Waals surface area contributed by atoms with E-state index in [9.17, 15) is 4.79 Å². The molecule has 6 nitrogen and oxygen atoms in total. The van der Waals surface area contributed by atoms with Gasteiger partial charge in [0.1, 0.15) is 5.82 Å². The summed E-state index contributed by atoms with van der Waals surface area (Å²) in [6.45, 7) is 0. The van der Waals surface area contributed by atoms with Gasteiger partial charge in [-0.3, -0.25) is 9.48 Å². The number of fused-ring (bicyclic) bond motifs is 1. The van der Waals surface area contributed by atoms with E-state index in [0.717, 1.165) is 22.0 Å². The Balaban J connectivity index is 1.64. The number of aromatic nitrogens is 3. The summed E-state index contributed by atoms with van der Waals surface area (Å²) in [7, 11) is 1.85. The molecule has 0 saturated carbocycles. The lowest BCUT2D eigenvalue weighted by Crippen LogP contribution is -2.12. The Morgan fingerprint density at radius 3 is 2.65 bits per heavy atom. The van der Waals surface area contributed by atoms with Crippen molar-refractivity contribution in [3.05, 3.63) is 72.4 Å². The molecular formula is C20H17N5O. The zero-order valence-electron chi connectivity index (χ0n) is 14.2. The molecule has 0 fully saturated rings. The number of carbonyl (C=O) groups excluding carboxylic acids is 1. The summed E-state index contributed by atoms with van der Waals surface area (Å²) in [6.07, 6.45) is 1.75. The van der Waals surface area contributed by atoms with Crippen molar-refractivity contribution in [2.45, 2.75) is 0 Å². The largest absolute Gasteiger partial charge is 0.384 e. The van der Waals surface area contributed by atoms with E-state index in [2.05, 4.69) is 15.4 Å². The Kier molecular flexibility index (Phi) is 3.85. The van der Waals surface area contributed by atoms with E-state index < -0.39 is 0 Å². The van der Waals surface area contributed by atoms with Crippen molar-refractivity contribution in [3.63, 3.8) is 0 Å². The van der Waals surface area contributed by atoms with Crippen molar-refractivity contribution >= 4 is 28.3 Å². The molecule has 4 aromatic rings. The lowest BCUT2D eigenvalue weighted by molar-refractivity contribution is 0.102. The van der Waals surface area contributed by atoms with Crippen molar-refractivity contribution in [1.29, 1.82) is 0 Å². The Morgan fingerprint density at radius 1 is 1.04 bits per heavy atom. The summed E-state index contributed by atoms with van der Waals surface area (Å²) in [6, 6.07) is 18.8. The van der Waals surface area contributed by atoms with Gasteiger partial charge >= 0.3 is 0 Å². The molecule has 6 heteroatoms. The lowest BCUT2D eigenvalue weighted by Gasteiger charge is -2.04. The molecular weight excluding hydrogens is 326 g/mol. The highest BCUT2D eigenvalue weighted by molar-refractivity contribution is 6.04. The average Bonchev–Trinajstić information content (AvgIpc) is 3.02. The van der Waals surface area contributed by atoms with E-state index in [1.165, 1.54) is 0 Å². The average molecular weight is 343 g/mol. The van der Waals surface area contributed by atoms with Crippen LogP contribution in [0.2, 0.25) is 0 Å². The number of hydrogen-bond donors (Lipinski definition) is 2. The predicted molar refractivity (Wildman–Crippen MR) is 103 cm³/mol. The first kappa shape index (κ1) is 15.8. The van der Waals surface area contributed by atoms with Crippen LogP contribution in [-0.2, 0) is 7.05 Å². The number of benzene rings is 2. The van der Waals surface area contributed by atoms with E-state index in [1.807, 2.05) is 55.6 Å². The first-order chi connectivity index (χ1) is 12.6. The summed E-state index contributed by atoms with van der Waals surface area (Å²) in [5, 5.41) is 9.25. The fourth-order valence-corrected chi connectivity index (χ4v) is 2.89. The first-order valence-corrected chi connectivity index (χ1v) is 8.16. The van der Waals surface area contributed by atoms with Crippen molar-refractivity contribution in [3.8, 4) is 11.3 Å². The van der Waals surface area contributed by atoms with Crippen molar-refractivity contribution < 1.29 is 4.79 Å². The van der Waals surface area contributed by atoms with Crippen LogP contribution in [0.5, 0.6) is 0 Å². The van der Waals surface area contributed by atoms with Gasteiger partial charge in [-0.2, -0.15) is 5.10 Å². The maximum absolute atomic E-state index is 12.3. The summed E-state index contributed by atoms with van der Waals surface area (Å²) in [4.78, 5) is 16.4. The van der Waals surface area contributed by atoms with Gasteiger partial charge in [0.05, 0.1) is 5.69 Å². The molecule has 0 aliphatic carbocycles. The van der Waals surface area contributed by atoms with Crippen LogP contribution in [0.15, 0.2) is 66.9 Å². The molecule has 26 heavy (non-hydrogen) atoms. The number of rotatable bonds is 3. The summed E-state index contributed by atoms with van der Waals surface area (Å²) in [5.74, 6) is 0.817. The summed E-state index contributed by atoms with van der Waals surface area (Å²) in [5.41, 5.74) is 8.20. The van der Waals surface area contributed by atoms with Crippen LogP contribution in [0.4, 0.5) is 11.6 Å². The molecule has 2 aromatic carbocycles. The minimum absolute atomic E-state index is 0.187. The number of amides is 1. The number of hydrogen-bond acceptors (Lipinski definition) is 4. The number of aryl methyl sites for hydroxylation is 1. The molecule has 0 aliphatic rings. The first-order valence-electron chi connectivity index (χ1n) is 8.16. The summed E-state index contributed by atoms with van der Waals surface area (Å²) < 4.78 is 1.74. The predicted octanol–water partition coefficient (Wildman–Crippen LogP) is 3.47. The molecule has 4 rings (SSSR count). The van der Waals surface area contributed by atoms with Gasteiger partial charge in [-0.15, -0.1) is 0 Å². The molecule has 128 valence electrons. The number of nitrogens with zero attached hydrogens (tertiary/aromatic N) is 3. The van der Waals surface area contributed by atoms with E-state index in [4.69, 9.17) is 5.73 Å². The van der Waals surface area contributed by atoms with Crippen molar-refractivity contribution in [1.82, 2.24) is 14.8 Å². The zero-order chi connectivity index (χ0) is 18.1. The minimum Gasteiger partial charge on any atom is -0.384 e. The number of carbonyl (C=O) groups is 1. The van der Waals surface area contributed by atoms with Gasteiger partial charge in [0, 0.05) is 35.8 Å². The van der Waals surface area contributed by atoms with Gasteiger partial charge in [-0.25, -0.2) is 4.98 Å². The fraction of sp³-hybridized carbons (Fsp3) is 0.0500. The Hall–Kier alpha value is -3.67. The smallest absolute Gasteiger partial charge is 0.256 e. The van der Waals surface area contributed by atoms with E-state index in [-0.39, 0.29) is 5.91 Å². The van der Waals surface area contributed by atoms with Crippen LogP contribution < -0.4 is 11.1 Å². The standard InChI is InChI=1S/C20H17N5O/c1-25-17(15-8-7-14-10-18(21)22-12-16(14)9-15)11-19(24-25)23-20(26)13-5-3-2-4-6-13/h2-12H,1H3,(H2,21,22)(H,23,24,26). The second-order valence-corrected chi connectivity index (χ2v) is 6.03. The highest BCUT2D eigenvalue weighted by Crippen LogP contribution is 2.26. The monoisotopic (exact) mass is 343 g/mol. The molecule has 0 atom stereocenters. The van der Waals surface area contributed by atoms with Crippen molar-refractivity contribution in [2.24, 2.45) is 7.05 Å². The third-order valence-corrected chi connectivity index (χ3v) is 4.20. The van der Waals surface area contributed by atoms with Gasteiger partial charge in [0.25, 0.3) is 5.91 Å². The van der Waals surface area contributed by atoms with Gasteiger partial charge < -0.3 is 11.1 Å². The van der Waals surface area contributed by atoms with E-state index in [1.54, 1.807) is 23.0 Å². The number of nitrogens with two attached hydrogens (primary N) is 1. The highest BCUT2D eigenvalue weighted by Gasteiger charge is 2.12. The number of pyridine rings is 1. The Morgan fingerprint density at radius 2 is 1.85 bits per heavy atom. The molecule has 0 bridgehead atoms. The Bertz CT molecular complexity index is 1100. The fourth-order valence-electron chi connectivity index (χ4n) is 2.89. The number of nitrogen functional groups attached to an aromatic ring is 1. The molecule has 3 N–H and O–H groups in total. The van der Waals surface area contributed by atoms with Crippen LogP contribution in [-0.4, -0.2) is 20.7 Å². The lowest BCUT2D eigenvalue weighted by atomic mass is 10.1. The molecule has 0 saturated heterocycles. The quantitative estimate of drug-likeness (QED) is 0.596. The maximum Gasteiger partial charge on any atom is 0.256 e. The highest BCUT2D eigenvalue weighted by atomic mass is 16.1. The molecule has 2 heterocycles. The minimum atomic E-state index is -0.187. The second-order valence-electron chi connectivity index (χ2n) is 6.03. The second kappa shape index (κ2) is 6.33.